The van der Waals surface area contributed by atoms with Crippen LogP contribution in [0.5, 0.6) is 0 Å². The number of thioether (sulfide) groups is 1. The van der Waals surface area contributed by atoms with Crippen molar-refractivity contribution in [3.8, 4) is 0 Å². The Hall–Kier alpha value is -1.98. The molecule has 6 heteroatoms. The standard InChI is InChI=1S/C22H25ClN2O2S/c1-14(2)21(27)25-19(13-28-22(25)17-11-7-8-12-18(17)23)20(26)24-15(3)16-9-5-4-6-10-16/h4-12,14-15,19,22H,13H2,1-3H3,(H,24,26)/t15-,19-,22-/m0/s1. The van der Waals surface area contributed by atoms with Gasteiger partial charge in [0, 0.05) is 22.3 Å². The predicted octanol–water partition coefficient (Wildman–Crippen LogP) is 4.82. The molecule has 3 rings (SSSR count). The Morgan fingerprint density at radius 2 is 1.71 bits per heavy atom. The van der Waals surface area contributed by atoms with Gasteiger partial charge in [-0.25, -0.2) is 0 Å². The van der Waals surface area contributed by atoms with Crippen molar-refractivity contribution in [3.63, 3.8) is 0 Å². The van der Waals surface area contributed by atoms with Gasteiger partial charge >= 0.3 is 0 Å². The average molecular weight is 417 g/mol. The van der Waals surface area contributed by atoms with Crippen LogP contribution in [0.15, 0.2) is 54.6 Å². The number of rotatable bonds is 5. The third kappa shape index (κ3) is 4.36. The minimum absolute atomic E-state index is 0.0394. The lowest BCUT2D eigenvalue weighted by Gasteiger charge is -2.31. The third-order valence-electron chi connectivity index (χ3n) is 4.88. The van der Waals surface area contributed by atoms with Crippen LogP contribution in [0, 0.1) is 5.92 Å². The number of nitrogens with one attached hydrogen (secondary N) is 1. The van der Waals surface area contributed by atoms with E-state index in [1.54, 1.807) is 16.7 Å². The molecular formula is C22H25ClN2O2S. The highest BCUT2D eigenvalue weighted by Gasteiger charge is 2.43. The molecule has 3 atom stereocenters. The van der Waals surface area contributed by atoms with Gasteiger partial charge in [-0.3, -0.25) is 9.59 Å². The fourth-order valence-corrected chi connectivity index (χ4v) is 5.10. The van der Waals surface area contributed by atoms with Crippen LogP contribution in [-0.4, -0.2) is 28.5 Å². The Morgan fingerprint density at radius 1 is 1.07 bits per heavy atom. The Balaban J connectivity index is 1.84. The molecule has 1 fully saturated rings. The number of hydrogen-bond donors (Lipinski definition) is 1. The van der Waals surface area contributed by atoms with Crippen LogP contribution in [0.1, 0.15) is 43.3 Å². The zero-order valence-corrected chi connectivity index (χ0v) is 17.8. The van der Waals surface area contributed by atoms with E-state index in [1.165, 1.54) is 0 Å². The van der Waals surface area contributed by atoms with Gasteiger partial charge < -0.3 is 10.2 Å². The summed E-state index contributed by atoms with van der Waals surface area (Å²) in [7, 11) is 0. The molecule has 2 aromatic rings. The number of halogens is 1. The number of amides is 2. The molecule has 2 aromatic carbocycles. The van der Waals surface area contributed by atoms with Crippen LogP contribution in [0.4, 0.5) is 0 Å². The molecule has 0 bridgehead atoms. The molecule has 0 unspecified atom stereocenters. The number of nitrogens with zero attached hydrogens (tertiary/aromatic N) is 1. The van der Waals surface area contributed by atoms with E-state index in [-0.39, 0.29) is 29.1 Å². The summed E-state index contributed by atoms with van der Waals surface area (Å²) in [6.07, 6.45) is 0. The Bertz CT molecular complexity index is 843. The van der Waals surface area contributed by atoms with Gasteiger partial charge in [0.2, 0.25) is 11.8 Å². The van der Waals surface area contributed by atoms with Gasteiger partial charge in [-0.1, -0.05) is 74.0 Å². The lowest BCUT2D eigenvalue weighted by atomic mass is 10.1. The summed E-state index contributed by atoms with van der Waals surface area (Å²) in [5.74, 6) is 0.169. The molecule has 0 aliphatic carbocycles. The van der Waals surface area contributed by atoms with Crippen molar-refractivity contribution in [1.82, 2.24) is 10.2 Å². The van der Waals surface area contributed by atoms with E-state index in [2.05, 4.69) is 5.32 Å². The van der Waals surface area contributed by atoms with Gasteiger partial charge in [0.1, 0.15) is 11.4 Å². The average Bonchev–Trinajstić information content (AvgIpc) is 3.13. The van der Waals surface area contributed by atoms with E-state index in [1.807, 2.05) is 75.4 Å². The lowest BCUT2D eigenvalue weighted by molar-refractivity contribution is -0.142. The van der Waals surface area contributed by atoms with Crippen molar-refractivity contribution >= 4 is 35.2 Å². The summed E-state index contributed by atoms with van der Waals surface area (Å²) in [6, 6.07) is 16.7. The molecule has 4 nitrogen and oxygen atoms in total. The van der Waals surface area contributed by atoms with Crippen molar-refractivity contribution in [1.29, 1.82) is 0 Å². The van der Waals surface area contributed by atoms with E-state index in [0.717, 1.165) is 11.1 Å². The maximum atomic E-state index is 13.1. The summed E-state index contributed by atoms with van der Waals surface area (Å²) in [5, 5.41) is 3.42. The third-order valence-corrected chi connectivity index (χ3v) is 6.53. The summed E-state index contributed by atoms with van der Waals surface area (Å²) in [4.78, 5) is 27.8. The second-order valence-electron chi connectivity index (χ2n) is 7.26. The van der Waals surface area contributed by atoms with E-state index in [0.29, 0.717) is 10.8 Å². The first-order chi connectivity index (χ1) is 13.4. The summed E-state index contributed by atoms with van der Waals surface area (Å²) in [5.41, 5.74) is 1.90. The minimum Gasteiger partial charge on any atom is -0.348 e. The van der Waals surface area contributed by atoms with Crippen molar-refractivity contribution in [2.75, 3.05) is 5.75 Å². The van der Waals surface area contributed by atoms with Gasteiger partial charge in [-0.15, -0.1) is 11.8 Å². The first kappa shape index (κ1) is 20.7. The van der Waals surface area contributed by atoms with Crippen LogP contribution in [-0.2, 0) is 9.59 Å². The quantitative estimate of drug-likeness (QED) is 0.760. The smallest absolute Gasteiger partial charge is 0.244 e. The molecule has 0 radical (unpaired) electrons. The topological polar surface area (TPSA) is 49.4 Å². The SMILES string of the molecule is CC(C)C(=O)N1[C@H](C(=O)N[C@@H](C)c2ccccc2)CS[C@H]1c1ccccc1Cl. The Kier molecular flexibility index (Phi) is 6.68. The van der Waals surface area contributed by atoms with Crippen LogP contribution in [0.2, 0.25) is 5.02 Å². The highest BCUT2D eigenvalue weighted by Crippen LogP contribution is 2.44. The Labute approximate surface area is 175 Å². The molecule has 2 amide bonds. The first-order valence-electron chi connectivity index (χ1n) is 9.43. The summed E-state index contributed by atoms with van der Waals surface area (Å²) < 4.78 is 0. The normalized spacial score (nSPS) is 20.2. The lowest BCUT2D eigenvalue weighted by Crippen LogP contribution is -2.49. The van der Waals surface area contributed by atoms with E-state index >= 15 is 0 Å². The van der Waals surface area contributed by atoms with E-state index in [4.69, 9.17) is 11.6 Å². The monoisotopic (exact) mass is 416 g/mol. The van der Waals surface area contributed by atoms with Crippen LogP contribution < -0.4 is 5.32 Å². The second-order valence-corrected chi connectivity index (χ2v) is 8.78. The van der Waals surface area contributed by atoms with Gasteiger partial charge in [0.15, 0.2) is 0 Å². The Morgan fingerprint density at radius 3 is 2.36 bits per heavy atom. The second kappa shape index (κ2) is 9.01. The zero-order valence-electron chi connectivity index (χ0n) is 16.3. The largest absolute Gasteiger partial charge is 0.348 e. The fraction of sp³-hybridized carbons (Fsp3) is 0.364. The molecule has 1 aliphatic rings. The molecule has 1 saturated heterocycles. The molecule has 1 N–H and O–H groups in total. The maximum Gasteiger partial charge on any atom is 0.244 e. The van der Waals surface area contributed by atoms with Gasteiger partial charge in [-0.05, 0) is 18.6 Å². The van der Waals surface area contributed by atoms with Gasteiger partial charge in [-0.2, -0.15) is 0 Å². The minimum atomic E-state index is -0.521. The molecule has 0 aromatic heterocycles. The highest BCUT2D eigenvalue weighted by atomic mass is 35.5. The van der Waals surface area contributed by atoms with Crippen molar-refractivity contribution < 1.29 is 9.59 Å². The van der Waals surface area contributed by atoms with E-state index in [9.17, 15) is 9.59 Å². The van der Waals surface area contributed by atoms with E-state index < -0.39 is 6.04 Å². The van der Waals surface area contributed by atoms with Crippen LogP contribution in [0.3, 0.4) is 0 Å². The molecule has 28 heavy (non-hydrogen) atoms. The van der Waals surface area contributed by atoms with Crippen LogP contribution in [0.25, 0.3) is 0 Å². The molecule has 0 spiro atoms. The number of hydrogen-bond acceptors (Lipinski definition) is 3. The zero-order chi connectivity index (χ0) is 20.3. The fourth-order valence-electron chi connectivity index (χ4n) is 3.33. The van der Waals surface area contributed by atoms with Crippen molar-refractivity contribution in [2.45, 2.75) is 38.2 Å². The molecule has 148 valence electrons. The van der Waals surface area contributed by atoms with Gasteiger partial charge in [0.25, 0.3) is 0 Å². The molecule has 0 saturated carbocycles. The van der Waals surface area contributed by atoms with Crippen LogP contribution >= 0.6 is 23.4 Å². The maximum absolute atomic E-state index is 13.1. The predicted molar refractivity (Wildman–Crippen MR) is 115 cm³/mol. The molecule has 1 aliphatic heterocycles. The summed E-state index contributed by atoms with van der Waals surface area (Å²) in [6.45, 7) is 5.67. The molecular weight excluding hydrogens is 392 g/mol. The van der Waals surface area contributed by atoms with Crippen molar-refractivity contribution in [3.05, 3.63) is 70.7 Å². The number of benzene rings is 2. The first-order valence-corrected chi connectivity index (χ1v) is 10.9. The summed E-state index contributed by atoms with van der Waals surface area (Å²) >= 11 is 7.98. The highest BCUT2D eigenvalue weighted by molar-refractivity contribution is 7.99. The van der Waals surface area contributed by atoms with Gasteiger partial charge in [0.05, 0.1) is 6.04 Å². The number of carbonyl (C=O) groups excluding carboxylic acids is 2. The molecule has 1 heterocycles. The van der Waals surface area contributed by atoms with Crippen molar-refractivity contribution in [2.24, 2.45) is 5.92 Å². The number of carbonyl (C=O) groups is 2.